The molecule has 0 amide bonds. The molecule has 3 aromatic heterocycles. The van der Waals surface area contributed by atoms with E-state index in [9.17, 15) is 4.79 Å². The van der Waals surface area contributed by atoms with Crippen molar-refractivity contribution >= 4 is 29.2 Å². The summed E-state index contributed by atoms with van der Waals surface area (Å²) < 4.78 is 6.54. The Bertz CT molecular complexity index is 929. The van der Waals surface area contributed by atoms with Gasteiger partial charge in [0.15, 0.2) is 5.82 Å². The number of aryl methyl sites for hydroxylation is 1. The Morgan fingerprint density at radius 3 is 2.50 bits per heavy atom. The summed E-state index contributed by atoms with van der Waals surface area (Å²) in [4.78, 5) is 18.8. The molecule has 4 rings (SSSR count). The second kappa shape index (κ2) is 8.25. The molecule has 0 saturated heterocycles. The number of halogens is 2. The van der Waals surface area contributed by atoms with E-state index in [1.54, 1.807) is 18.2 Å². The van der Waals surface area contributed by atoms with Crippen molar-refractivity contribution in [2.75, 3.05) is 7.11 Å². The predicted molar refractivity (Wildman–Crippen MR) is 97.2 cm³/mol. The largest absolute Gasteiger partial charge is 0.464 e. The minimum absolute atomic E-state index is 0.222. The number of carbonyl (C=O) groups is 1. The van der Waals surface area contributed by atoms with Gasteiger partial charge in [0.05, 0.1) is 7.11 Å². The molecule has 0 aliphatic carbocycles. The third-order valence-electron chi connectivity index (χ3n) is 3.66. The minimum atomic E-state index is -0.479. The monoisotopic (exact) mass is 391 g/mol. The zero-order chi connectivity index (χ0) is 18.5. The fourth-order valence-corrected chi connectivity index (χ4v) is 2.83. The van der Waals surface area contributed by atoms with Crippen LogP contribution in [0.1, 0.15) is 22.7 Å². The van der Waals surface area contributed by atoms with Crippen LogP contribution in [0.25, 0.3) is 11.5 Å². The van der Waals surface area contributed by atoms with Crippen molar-refractivity contribution < 1.29 is 9.53 Å². The van der Waals surface area contributed by atoms with Crippen molar-refractivity contribution in [2.24, 2.45) is 0 Å². The number of ether oxygens (including phenoxy) is 1. The number of rotatable bonds is 2. The number of aromatic nitrogens is 5. The maximum atomic E-state index is 10.8. The fraction of sp³-hybridized carbons (Fsp3) is 0.235. The molecule has 0 fully saturated rings. The molecule has 4 heterocycles. The van der Waals surface area contributed by atoms with Crippen LogP contribution >= 0.6 is 23.2 Å². The molecule has 0 N–H and O–H groups in total. The Labute approximate surface area is 160 Å². The van der Waals surface area contributed by atoms with E-state index >= 15 is 0 Å². The quantitative estimate of drug-likeness (QED) is 0.491. The molecule has 0 bridgehead atoms. The number of fused-ring (bicyclic) bond motifs is 1. The molecule has 0 aromatic carbocycles. The summed E-state index contributed by atoms with van der Waals surface area (Å²) in [7, 11) is 1.30. The molecule has 1 aliphatic heterocycles. The highest BCUT2D eigenvalue weighted by atomic mass is 35.5. The van der Waals surface area contributed by atoms with Crippen molar-refractivity contribution in [3.8, 4) is 11.5 Å². The van der Waals surface area contributed by atoms with Gasteiger partial charge in [-0.1, -0.05) is 35.3 Å². The highest BCUT2D eigenvalue weighted by Gasteiger charge is 2.18. The number of pyridine rings is 2. The molecular weight excluding hydrogens is 377 g/mol. The summed E-state index contributed by atoms with van der Waals surface area (Å²) >= 11 is 11.4. The number of hydrogen-bond acceptors (Lipinski definition) is 6. The van der Waals surface area contributed by atoms with Crippen LogP contribution in [0.5, 0.6) is 0 Å². The summed E-state index contributed by atoms with van der Waals surface area (Å²) in [5.74, 6) is 1.39. The zero-order valence-corrected chi connectivity index (χ0v) is 15.4. The first kappa shape index (κ1) is 18.3. The highest BCUT2D eigenvalue weighted by Crippen LogP contribution is 2.22. The van der Waals surface area contributed by atoms with E-state index < -0.39 is 5.97 Å². The van der Waals surface area contributed by atoms with Crippen LogP contribution in [0, 0.1) is 0 Å². The lowest BCUT2D eigenvalue weighted by molar-refractivity contribution is 0.0594. The Kier molecular flexibility index (Phi) is 5.80. The topological polar surface area (TPSA) is 82.8 Å². The molecule has 26 heavy (non-hydrogen) atoms. The Hall–Kier alpha value is -2.51. The maximum Gasteiger partial charge on any atom is 0.356 e. The average Bonchev–Trinajstić information content (AvgIpc) is 3.25. The molecule has 0 radical (unpaired) electrons. The van der Waals surface area contributed by atoms with Crippen molar-refractivity contribution in [3.05, 3.63) is 58.2 Å². The summed E-state index contributed by atoms with van der Waals surface area (Å²) in [6, 6.07) is 10.3. The lowest BCUT2D eigenvalue weighted by atomic mass is 10.3. The standard InChI is InChI=1S/C10H9ClN4.C7H6ClNO2/c11-8-4-1-3-7(12-8)10-14-13-9-5-2-6-15(9)10;1-11-7(10)5-3-2-4-6(8)9-5/h1,3-4H,2,5-6H2;2-4H,1H3. The summed E-state index contributed by atoms with van der Waals surface area (Å²) in [5, 5.41) is 9.05. The molecule has 0 atom stereocenters. The van der Waals surface area contributed by atoms with Gasteiger partial charge in [-0.05, 0) is 30.7 Å². The van der Waals surface area contributed by atoms with E-state index in [1.165, 1.54) is 13.2 Å². The highest BCUT2D eigenvalue weighted by molar-refractivity contribution is 6.29. The third kappa shape index (κ3) is 4.17. The first-order valence-electron chi connectivity index (χ1n) is 7.84. The van der Waals surface area contributed by atoms with E-state index in [4.69, 9.17) is 23.2 Å². The molecule has 0 saturated carbocycles. The van der Waals surface area contributed by atoms with Crippen LogP contribution in [-0.2, 0) is 17.7 Å². The van der Waals surface area contributed by atoms with Gasteiger partial charge >= 0.3 is 5.97 Å². The van der Waals surface area contributed by atoms with Crippen molar-refractivity contribution in [1.82, 2.24) is 24.7 Å². The van der Waals surface area contributed by atoms with E-state index in [0.717, 1.165) is 36.7 Å². The summed E-state index contributed by atoms with van der Waals surface area (Å²) in [6.45, 7) is 0.978. The molecule has 9 heteroatoms. The van der Waals surface area contributed by atoms with Crippen LogP contribution in [0.15, 0.2) is 36.4 Å². The SMILES string of the molecule is COC(=O)c1cccc(Cl)n1.Clc1cccc(-c2nnc3n2CCC3)n1. The van der Waals surface area contributed by atoms with Crippen LogP contribution in [-0.4, -0.2) is 37.8 Å². The third-order valence-corrected chi connectivity index (χ3v) is 4.08. The predicted octanol–water partition coefficient (Wildman–Crippen LogP) is 3.46. The average molecular weight is 392 g/mol. The van der Waals surface area contributed by atoms with E-state index in [1.807, 2.05) is 12.1 Å². The van der Waals surface area contributed by atoms with Gasteiger partial charge in [0.1, 0.15) is 27.5 Å². The van der Waals surface area contributed by atoms with Crippen molar-refractivity contribution in [2.45, 2.75) is 19.4 Å². The fourth-order valence-electron chi connectivity index (χ4n) is 2.50. The molecule has 1 aliphatic rings. The molecule has 3 aromatic rings. The second-order valence-corrected chi connectivity index (χ2v) is 6.15. The second-order valence-electron chi connectivity index (χ2n) is 5.38. The van der Waals surface area contributed by atoms with Crippen molar-refractivity contribution in [3.63, 3.8) is 0 Å². The lowest BCUT2D eigenvalue weighted by Gasteiger charge is -2.01. The maximum absolute atomic E-state index is 10.8. The van der Waals surface area contributed by atoms with Gasteiger partial charge in [0, 0.05) is 13.0 Å². The molecule has 134 valence electrons. The number of esters is 1. The molecule has 0 unspecified atom stereocenters. The van der Waals surface area contributed by atoms with E-state index in [0.29, 0.717) is 5.15 Å². The number of carbonyl (C=O) groups excluding carboxylic acids is 1. The first-order chi connectivity index (χ1) is 12.6. The molecule has 7 nitrogen and oxygen atoms in total. The number of nitrogens with zero attached hydrogens (tertiary/aromatic N) is 5. The van der Waals surface area contributed by atoms with Gasteiger partial charge in [0.2, 0.25) is 0 Å². The van der Waals surface area contributed by atoms with Gasteiger partial charge in [-0.15, -0.1) is 10.2 Å². The van der Waals surface area contributed by atoms with Gasteiger partial charge in [-0.25, -0.2) is 14.8 Å². The Morgan fingerprint density at radius 2 is 1.81 bits per heavy atom. The number of hydrogen-bond donors (Lipinski definition) is 0. The van der Waals surface area contributed by atoms with E-state index in [2.05, 4.69) is 29.5 Å². The van der Waals surface area contributed by atoms with Gasteiger partial charge in [0.25, 0.3) is 0 Å². The van der Waals surface area contributed by atoms with Gasteiger partial charge in [-0.3, -0.25) is 0 Å². The lowest BCUT2D eigenvalue weighted by Crippen LogP contribution is -2.03. The Balaban J connectivity index is 0.000000160. The number of methoxy groups -OCH3 is 1. The summed E-state index contributed by atoms with van der Waals surface area (Å²) in [6.07, 6.45) is 2.14. The van der Waals surface area contributed by atoms with Crippen molar-refractivity contribution in [1.29, 1.82) is 0 Å². The normalized spacial score (nSPS) is 12.1. The van der Waals surface area contributed by atoms with Gasteiger partial charge in [-0.2, -0.15) is 0 Å². The Morgan fingerprint density at radius 1 is 1.08 bits per heavy atom. The summed E-state index contributed by atoms with van der Waals surface area (Å²) in [5.41, 5.74) is 1.02. The minimum Gasteiger partial charge on any atom is -0.464 e. The zero-order valence-electron chi connectivity index (χ0n) is 13.9. The van der Waals surface area contributed by atoms with Crippen LogP contribution in [0.2, 0.25) is 10.3 Å². The van der Waals surface area contributed by atoms with E-state index in [-0.39, 0.29) is 10.8 Å². The van der Waals surface area contributed by atoms with Crippen LogP contribution in [0.3, 0.4) is 0 Å². The van der Waals surface area contributed by atoms with Crippen LogP contribution < -0.4 is 0 Å². The molecular formula is C17H15Cl2N5O2. The smallest absolute Gasteiger partial charge is 0.356 e. The van der Waals surface area contributed by atoms with Gasteiger partial charge < -0.3 is 9.30 Å². The van der Waals surface area contributed by atoms with Crippen LogP contribution in [0.4, 0.5) is 0 Å². The first-order valence-corrected chi connectivity index (χ1v) is 8.60. The molecule has 0 spiro atoms.